The maximum Gasteiger partial charge on any atom is 0.340 e. The fourth-order valence-electron chi connectivity index (χ4n) is 2.91. The van der Waals surface area contributed by atoms with E-state index in [0.717, 1.165) is 5.56 Å². The molecule has 1 unspecified atom stereocenters. The van der Waals surface area contributed by atoms with E-state index < -0.39 is 12.0 Å². The van der Waals surface area contributed by atoms with Crippen LogP contribution in [0.2, 0.25) is 0 Å². The molecule has 1 aliphatic heterocycles. The summed E-state index contributed by atoms with van der Waals surface area (Å²) in [6.45, 7) is 2.23. The van der Waals surface area contributed by atoms with Crippen LogP contribution in [0, 0.1) is 6.92 Å². The lowest BCUT2D eigenvalue weighted by atomic mass is 10.1. The number of methoxy groups -OCH3 is 1. The van der Waals surface area contributed by atoms with Gasteiger partial charge >= 0.3 is 5.97 Å². The van der Waals surface area contributed by atoms with Crippen LogP contribution in [0.1, 0.15) is 32.7 Å². The lowest BCUT2D eigenvalue weighted by Crippen LogP contribution is -2.41. The van der Waals surface area contributed by atoms with E-state index in [1.807, 2.05) is 6.92 Å². The van der Waals surface area contributed by atoms with E-state index in [-0.39, 0.29) is 11.8 Å². The zero-order valence-corrected chi connectivity index (χ0v) is 15.3. The molecule has 26 heavy (non-hydrogen) atoms. The first kappa shape index (κ1) is 17.9. The Labute approximate surface area is 154 Å². The fourth-order valence-corrected chi connectivity index (χ4v) is 3.83. The number of anilines is 2. The molecule has 1 aliphatic rings. The van der Waals surface area contributed by atoms with Crippen molar-refractivity contribution in [2.24, 2.45) is 0 Å². The fraction of sp³-hybridized carbons (Fsp3) is 0.278. The van der Waals surface area contributed by atoms with Crippen LogP contribution >= 0.6 is 11.3 Å². The minimum Gasteiger partial charge on any atom is -0.465 e. The Balaban J connectivity index is 1.76. The molecular formula is C18H19N3O4S. The summed E-state index contributed by atoms with van der Waals surface area (Å²) in [5.41, 5.74) is 7.82. The number of ether oxygens (including phenoxy) is 1. The van der Waals surface area contributed by atoms with Gasteiger partial charge in [0.15, 0.2) is 0 Å². The highest BCUT2D eigenvalue weighted by molar-refractivity contribution is 7.14. The molecule has 2 heterocycles. The van der Waals surface area contributed by atoms with E-state index in [1.54, 1.807) is 29.6 Å². The highest BCUT2D eigenvalue weighted by Crippen LogP contribution is 2.32. The van der Waals surface area contributed by atoms with E-state index in [2.05, 4.69) is 5.32 Å². The van der Waals surface area contributed by atoms with Gasteiger partial charge in [0.2, 0.25) is 5.91 Å². The lowest BCUT2D eigenvalue weighted by Gasteiger charge is -2.17. The van der Waals surface area contributed by atoms with E-state index in [1.165, 1.54) is 23.3 Å². The number of amides is 2. The van der Waals surface area contributed by atoms with Crippen LogP contribution in [0.3, 0.4) is 0 Å². The van der Waals surface area contributed by atoms with Gasteiger partial charge in [0.05, 0.1) is 12.7 Å². The molecule has 3 rings (SSSR count). The molecule has 1 atom stereocenters. The van der Waals surface area contributed by atoms with Gasteiger partial charge in [-0.25, -0.2) is 4.79 Å². The predicted molar refractivity (Wildman–Crippen MR) is 99.5 cm³/mol. The van der Waals surface area contributed by atoms with Crippen molar-refractivity contribution >= 4 is 39.8 Å². The smallest absolute Gasteiger partial charge is 0.340 e. The van der Waals surface area contributed by atoms with Gasteiger partial charge in [0.25, 0.3) is 5.91 Å². The predicted octanol–water partition coefficient (Wildman–Crippen LogP) is 1.96. The van der Waals surface area contributed by atoms with Crippen molar-refractivity contribution in [2.45, 2.75) is 19.4 Å². The normalized spacial score (nSPS) is 16.6. The molecule has 2 aromatic rings. The number of nitrogens with two attached hydrogens (primary N) is 1. The number of nitrogen functional groups attached to an aromatic ring is 1. The molecule has 7 nitrogen and oxygen atoms in total. The molecule has 1 aromatic carbocycles. The summed E-state index contributed by atoms with van der Waals surface area (Å²) in [4.78, 5) is 38.6. The molecule has 0 aliphatic carbocycles. The largest absolute Gasteiger partial charge is 0.465 e. The SMILES string of the molecule is COC(=O)c1ccsc1N1CCC(NC(=O)c2cc(N)ccc2C)C1=O. The van der Waals surface area contributed by atoms with Crippen molar-refractivity contribution in [3.63, 3.8) is 0 Å². The maximum absolute atomic E-state index is 12.7. The van der Waals surface area contributed by atoms with Crippen molar-refractivity contribution in [3.8, 4) is 0 Å². The summed E-state index contributed by atoms with van der Waals surface area (Å²) in [6.07, 6.45) is 0.463. The number of thiophene rings is 1. The third-order valence-corrected chi connectivity index (χ3v) is 5.25. The summed E-state index contributed by atoms with van der Waals surface area (Å²) >= 11 is 1.29. The first-order valence-corrected chi connectivity index (χ1v) is 8.94. The van der Waals surface area contributed by atoms with Gasteiger partial charge < -0.3 is 20.7 Å². The number of esters is 1. The summed E-state index contributed by atoms with van der Waals surface area (Å²) in [5.74, 6) is -1.07. The Kier molecular flexibility index (Phi) is 4.94. The summed E-state index contributed by atoms with van der Waals surface area (Å²) < 4.78 is 4.75. The van der Waals surface area contributed by atoms with Gasteiger partial charge in [-0.2, -0.15) is 0 Å². The highest BCUT2D eigenvalue weighted by Gasteiger charge is 2.36. The van der Waals surface area contributed by atoms with Crippen LogP contribution < -0.4 is 16.0 Å². The number of benzene rings is 1. The molecule has 8 heteroatoms. The number of carbonyl (C=O) groups excluding carboxylic acids is 3. The van der Waals surface area contributed by atoms with Crippen LogP contribution in [0.25, 0.3) is 0 Å². The lowest BCUT2D eigenvalue weighted by molar-refractivity contribution is -0.118. The van der Waals surface area contributed by atoms with Gasteiger partial charge in [-0.3, -0.25) is 9.59 Å². The number of rotatable bonds is 4. The molecule has 3 N–H and O–H groups in total. The van der Waals surface area contributed by atoms with E-state index in [4.69, 9.17) is 10.5 Å². The van der Waals surface area contributed by atoms with Crippen molar-refractivity contribution in [2.75, 3.05) is 24.3 Å². The first-order chi connectivity index (χ1) is 12.4. The first-order valence-electron chi connectivity index (χ1n) is 8.06. The van der Waals surface area contributed by atoms with Crippen LogP contribution in [0.4, 0.5) is 10.7 Å². The molecule has 136 valence electrons. The number of nitrogens with one attached hydrogen (secondary N) is 1. The Morgan fingerprint density at radius 1 is 1.31 bits per heavy atom. The minimum atomic E-state index is -0.643. The average molecular weight is 373 g/mol. The van der Waals surface area contributed by atoms with E-state index >= 15 is 0 Å². The number of hydrogen-bond donors (Lipinski definition) is 2. The van der Waals surface area contributed by atoms with Crippen molar-refractivity contribution in [1.82, 2.24) is 5.32 Å². The van der Waals surface area contributed by atoms with Gasteiger partial charge in [-0.1, -0.05) is 6.07 Å². The van der Waals surface area contributed by atoms with Crippen molar-refractivity contribution in [1.29, 1.82) is 0 Å². The average Bonchev–Trinajstić information content (AvgIpc) is 3.23. The van der Waals surface area contributed by atoms with Crippen LogP contribution in [0.15, 0.2) is 29.6 Å². The van der Waals surface area contributed by atoms with Crippen LogP contribution in [0.5, 0.6) is 0 Å². The third-order valence-electron chi connectivity index (χ3n) is 4.31. The summed E-state index contributed by atoms with van der Waals surface area (Å²) in [7, 11) is 1.30. The summed E-state index contributed by atoms with van der Waals surface area (Å²) in [5, 5.41) is 5.04. The van der Waals surface area contributed by atoms with Crippen LogP contribution in [-0.2, 0) is 9.53 Å². The van der Waals surface area contributed by atoms with Gasteiger partial charge in [0, 0.05) is 17.8 Å². The zero-order chi connectivity index (χ0) is 18.8. The Hall–Kier alpha value is -2.87. The van der Waals surface area contributed by atoms with Gasteiger partial charge in [0.1, 0.15) is 11.0 Å². The van der Waals surface area contributed by atoms with Crippen molar-refractivity contribution < 1.29 is 19.1 Å². The van der Waals surface area contributed by atoms with Gasteiger partial charge in [-0.15, -0.1) is 11.3 Å². The molecule has 1 saturated heterocycles. The van der Waals surface area contributed by atoms with Crippen molar-refractivity contribution in [3.05, 3.63) is 46.3 Å². The minimum absolute atomic E-state index is 0.243. The standard InChI is InChI=1S/C18H19N3O4S/c1-10-3-4-11(19)9-13(10)15(22)20-14-5-7-21(16(14)23)17-12(6-8-26-17)18(24)25-2/h3-4,6,8-9,14H,5,7,19H2,1-2H3,(H,20,22). The maximum atomic E-state index is 12.7. The number of hydrogen-bond acceptors (Lipinski definition) is 6. The topological polar surface area (TPSA) is 102 Å². The second-order valence-electron chi connectivity index (χ2n) is 6.01. The Morgan fingerprint density at radius 2 is 2.08 bits per heavy atom. The van der Waals surface area contributed by atoms with Gasteiger partial charge in [-0.05, 0) is 42.5 Å². The molecule has 0 radical (unpaired) electrons. The Morgan fingerprint density at radius 3 is 2.81 bits per heavy atom. The second kappa shape index (κ2) is 7.17. The Bertz CT molecular complexity index is 877. The zero-order valence-electron chi connectivity index (χ0n) is 14.4. The molecule has 1 fully saturated rings. The number of nitrogens with zero attached hydrogens (tertiary/aromatic N) is 1. The molecule has 1 aromatic heterocycles. The summed E-state index contributed by atoms with van der Waals surface area (Å²) in [6, 6.07) is 6.06. The van der Waals surface area contributed by atoms with E-state index in [0.29, 0.717) is 34.8 Å². The quantitative estimate of drug-likeness (QED) is 0.630. The molecule has 0 saturated carbocycles. The number of aryl methyl sites for hydroxylation is 1. The molecule has 0 spiro atoms. The van der Waals surface area contributed by atoms with Crippen LogP contribution in [-0.4, -0.2) is 37.5 Å². The highest BCUT2D eigenvalue weighted by atomic mass is 32.1. The number of carbonyl (C=O) groups is 3. The molecule has 0 bridgehead atoms. The third kappa shape index (κ3) is 3.28. The van der Waals surface area contributed by atoms with E-state index in [9.17, 15) is 14.4 Å². The molecule has 2 amide bonds. The molecular weight excluding hydrogens is 354 g/mol. The second-order valence-corrected chi connectivity index (χ2v) is 6.90. The monoisotopic (exact) mass is 373 g/mol.